The second-order valence-electron chi connectivity index (χ2n) is 1.49. The van der Waals surface area contributed by atoms with E-state index in [1.165, 1.54) is 0 Å². The van der Waals surface area contributed by atoms with Crippen LogP contribution in [0.4, 0.5) is 0 Å². The SMILES string of the molecule is CC(=O)[O-].CC(O)C(=O)[O-].[NH4+].[Zr+]. The number of rotatable bonds is 1. The summed E-state index contributed by atoms with van der Waals surface area (Å²) in [6, 6.07) is 0. The Morgan fingerprint density at radius 1 is 1.33 bits per heavy atom. The van der Waals surface area contributed by atoms with E-state index in [2.05, 4.69) is 0 Å². The molecular formula is C5H12NO5Zr. The van der Waals surface area contributed by atoms with Crippen LogP contribution in [-0.4, -0.2) is 23.1 Å². The second-order valence-corrected chi connectivity index (χ2v) is 1.49. The fourth-order valence-electron chi connectivity index (χ4n) is 0. The number of aliphatic carboxylic acids is 2. The Labute approximate surface area is 89.3 Å². The van der Waals surface area contributed by atoms with Crippen LogP contribution in [0.3, 0.4) is 0 Å². The molecule has 0 aliphatic heterocycles. The van der Waals surface area contributed by atoms with E-state index < -0.39 is 18.0 Å². The van der Waals surface area contributed by atoms with E-state index in [0.717, 1.165) is 13.8 Å². The minimum Gasteiger partial charge on any atom is -0.550 e. The summed E-state index contributed by atoms with van der Waals surface area (Å²) >= 11 is 0. The third-order valence-electron chi connectivity index (χ3n) is 0.341. The first kappa shape index (κ1) is 22.6. The number of aliphatic hydroxyl groups excluding tert-OH is 1. The van der Waals surface area contributed by atoms with Gasteiger partial charge in [0.1, 0.15) is 0 Å². The molecule has 0 heterocycles. The second kappa shape index (κ2) is 13.3. The normalized spacial score (nSPS) is 8.92. The topological polar surface area (TPSA) is 137 Å². The molecule has 0 saturated carbocycles. The van der Waals surface area contributed by atoms with Crippen molar-refractivity contribution in [3.8, 4) is 0 Å². The zero-order chi connectivity index (χ0) is 8.73. The molecule has 0 aromatic heterocycles. The van der Waals surface area contributed by atoms with Crippen molar-refractivity contribution in [1.82, 2.24) is 6.15 Å². The molecule has 12 heavy (non-hydrogen) atoms. The number of aliphatic hydroxyl groups is 1. The van der Waals surface area contributed by atoms with E-state index in [0.29, 0.717) is 0 Å². The number of quaternary nitrogens is 1. The molecule has 1 unspecified atom stereocenters. The maximum absolute atomic E-state index is 9.34. The molecule has 6 nitrogen and oxygen atoms in total. The van der Waals surface area contributed by atoms with Crippen LogP contribution >= 0.6 is 0 Å². The zero-order valence-corrected chi connectivity index (χ0v) is 9.62. The van der Waals surface area contributed by atoms with Crippen molar-refractivity contribution in [2.24, 2.45) is 0 Å². The van der Waals surface area contributed by atoms with Gasteiger partial charge in [0.15, 0.2) is 0 Å². The predicted molar refractivity (Wildman–Crippen MR) is 33.4 cm³/mol. The average molecular weight is 257 g/mol. The van der Waals surface area contributed by atoms with Crippen LogP contribution in [0.2, 0.25) is 0 Å². The van der Waals surface area contributed by atoms with Gasteiger partial charge in [0.05, 0.1) is 12.1 Å². The van der Waals surface area contributed by atoms with Gasteiger partial charge < -0.3 is 31.1 Å². The molecule has 1 atom stereocenters. The zero-order valence-electron chi connectivity index (χ0n) is 7.16. The van der Waals surface area contributed by atoms with Crippen molar-refractivity contribution in [2.45, 2.75) is 20.0 Å². The average Bonchev–Trinajstić information content (AvgIpc) is 1.63. The fourth-order valence-corrected chi connectivity index (χ4v) is 0. The minimum absolute atomic E-state index is 0. The summed E-state index contributed by atoms with van der Waals surface area (Å²) in [4.78, 5) is 18.2. The molecule has 0 amide bonds. The Morgan fingerprint density at radius 2 is 1.42 bits per heavy atom. The summed E-state index contributed by atoms with van der Waals surface area (Å²) in [5, 5.41) is 26.2. The quantitative estimate of drug-likeness (QED) is 0.524. The smallest absolute Gasteiger partial charge is 0.550 e. The van der Waals surface area contributed by atoms with Gasteiger partial charge in [0.2, 0.25) is 0 Å². The molecule has 1 radical (unpaired) electrons. The monoisotopic (exact) mass is 256 g/mol. The van der Waals surface area contributed by atoms with Gasteiger partial charge in [-0.3, -0.25) is 0 Å². The molecule has 0 saturated heterocycles. The van der Waals surface area contributed by atoms with Crippen LogP contribution in [0.25, 0.3) is 0 Å². The molecular weight excluding hydrogens is 245 g/mol. The van der Waals surface area contributed by atoms with E-state index >= 15 is 0 Å². The maximum Gasteiger partial charge on any atom is 1.00 e. The van der Waals surface area contributed by atoms with Gasteiger partial charge in [-0.05, 0) is 13.8 Å². The van der Waals surface area contributed by atoms with Gasteiger partial charge in [-0.2, -0.15) is 0 Å². The van der Waals surface area contributed by atoms with Gasteiger partial charge in [-0.25, -0.2) is 0 Å². The van der Waals surface area contributed by atoms with Crippen LogP contribution in [0.15, 0.2) is 0 Å². The molecule has 0 aliphatic carbocycles. The van der Waals surface area contributed by atoms with E-state index in [1.807, 2.05) is 0 Å². The summed E-state index contributed by atoms with van der Waals surface area (Å²) in [5.41, 5.74) is 0. The number of carboxylic acids is 2. The van der Waals surface area contributed by atoms with E-state index in [9.17, 15) is 9.90 Å². The van der Waals surface area contributed by atoms with Crippen molar-refractivity contribution in [3.63, 3.8) is 0 Å². The van der Waals surface area contributed by atoms with E-state index in [-0.39, 0.29) is 32.4 Å². The molecule has 0 bridgehead atoms. The number of hydrogen-bond donors (Lipinski definition) is 2. The summed E-state index contributed by atoms with van der Waals surface area (Å²) in [6.45, 7) is 2.11. The van der Waals surface area contributed by atoms with Crippen LogP contribution < -0.4 is 16.4 Å². The Hall–Kier alpha value is -0.257. The predicted octanol–water partition coefficient (Wildman–Crippen LogP) is -2.75. The molecule has 0 fully saturated rings. The summed E-state index contributed by atoms with van der Waals surface area (Å²) in [7, 11) is 0. The van der Waals surface area contributed by atoms with Crippen LogP contribution in [0.1, 0.15) is 13.8 Å². The largest absolute Gasteiger partial charge is 1.00 e. The number of carbonyl (C=O) groups excluding carboxylic acids is 2. The fraction of sp³-hybridized carbons (Fsp3) is 0.600. The number of carboxylic acid groups (broad SMARTS) is 2. The van der Waals surface area contributed by atoms with Crippen LogP contribution in [0, 0.1) is 0 Å². The maximum atomic E-state index is 9.34. The third kappa shape index (κ3) is 53.2. The first-order valence-electron chi connectivity index (χ1n) is 2.44. The number of hydrogen-bond acceptors (Lipinski definition) is 5. The Balaban J connectivity index is -0.0000000483. The van der Waals surface area contributed by atoms with E-state index in [4.69, 9.17) is 15.0 Å². The summed E-state index contributed by atoms with van der Waals surface area (Å²) < 4.78 is 0. The first-order chi connectivity index (χ1) is 4.37. The molecule has 0 rings (SSSR count). The first-order valence-corrected chi connectivity index (χ1v) is 2.44. The molecule has 0 aliphatic rings. The molecule has 0 aromatic carbocycles. The Kier molecular flexibility index (Phi) is 25.1. The molecule has 71 valence electrons. The Bertz CT molecular complexity index is 123. The molecule has 5 N–H and O–H groups in total. The standard InChI is InChI=1S/C3H6O3.C2H4O2.H3N.Zr/c1-2(4)3(5)6;1-2(3)4;;/h2,4H,1H3,(H,5,6);1H3,(H,3,4);1H3;/q;;;+1/p-1. The van der Waals surface area contributed by atoms with Gasteiger partial charge in [0.25, 0.3) is 0 Å². The third-order valence-corrected chi connectivity index (χ3v) is 0.341. The van der Waals surface area contributed by atoms with Crippen molar-refractivity contribution in [3.05, 3.63) is 0 Å². The van der Waals surface area contributed by atoms with Gasteiger partial charge in [-0.1, -0.05) is 0 Å². The van der Waals surface area contributed by atoms with Gasteiger partial charge >= 0.3 is 26.2 Å². The van der Waals surface area contributed by atoms with Gasteiger partial charge in [0, 0.05) is 5.97 Å². The minimum atomic E-state index is -1.44. The van der Waals surface area contributed by atoms with Crippen molar-refractivity contribution in [2.75, 3.05) is 0 Å². The van der Waals surface area contributed by atoms with Gasteiger partial charge in [-0.15, -0.1) is 0 Å². The van der Waals surface area contributed by atoms with Crippen molar-refractivity contribution in [1.29, 1.82) is 0 Å². The van der Waals surface area contributed by atoms with E-state index in [1.54, 1.807) is 0 Å². The molecule has 0 aromatic rings. The van der Waals surface area contributed by atoms with Crippen LogP contribution in [-0.2, 0) is 35.8 Å². The summed E-state index contributed by atoms with van der Waals surface area (Å²) in [6.07, 6.45) is -1.34. The Morgan fingerprint density at radius 3 is 1.42 bits per heavy atom. The van der Waals surface area contributed by atoms with Crippen LogP contribution in [0.5, 0.6) is 0 Å². The number of carbonyl (C=O) groups is 2. The summed E-state index contributed by atoms with van der Waals surface area (Å²) in [5.74, 6) is -2.52. The molecule has 7 heteroatoms. The van der Waals surface area contributed by atoms with Crippen molar-refractivity contribution < 1.29 is 51.1 Å². The van der Waals surface area contributed by atoms with Crippen molar-refractivity contribution >= 4 is 11.9 Å². The molecule has 0 spiro atoms.